The second-order valence-electron chi connectivity index (χ2n) is 6.71. The van der Waals surface area contributed by atoms with Crippen molar-refractivity contribution in [3.05, 3.63) is 54.6 Å². The zero-order valence-corrected chi connectivity index (χ0v) is 14.0. The van der Waals surface area contributed by atoms with Crippen molar-refractivity contribution in [3.63, 3.8) is 0 Å². The highest BCUT2D eigenvalue weighted by atomic mass is 16.5. The number of fused-ring (bicyclic) bond motifs is 1. The van der Waals surface area contributed by atoms with Crippen molar-refractivity contribution in [3.8, 4) is 17.0 Å². The van der Waals surface area contributed by atoms with E-state index in [1.807, 2.05) is 73.9 Å². The van der Waals surface area contributed by atoms with E-state index in [2.05, 4.69) is 6.07 Å². The summed E-state index contributed by atoms with van der Waals surface area (Å²) < 4.78 is 7.15. The van der Waals surface area contributed by atoms with Crippen LogP contribution in [0, 0.1) is 5.41 Å². The molecule has 3 nitrogen and oxygen atoms in total. The molecule has 2 aromatic carbocycles. The van der Waals surface area contributed by atoms with Crippen LogP contribution >= 0.6 is 0 Å². The average Bonchev–Trinajstić information content (AvgIpc) is 2.92. The van der Waals surface area contributed by atoms with Crippen molar-refractivity contribution in [1.29, 1.82) is 0 Å². The van der Waals surface area contributed by atoms with Gasteiger partial charge in [-0.25, -0.2) is 0 Å². The lowest BCUT2D eigenvalue weighted by atomic mass is 9.95. The maximum atomic E-state index is 13.1. The maximum absolute atomic E-state index is 13.1. The number of nitrogens with zero attached hydrogens (tertiary/aromatic N) is 1. The topological polar surface area (TPSA) is 31.2 Å². The molecule has 0 aliphatic heterocycles. The summed E-state index contributed by atoms with van der Waals surface area (Å²) in [6.45, 7) is 5.82. The van der Waals surface area contributed by atoms with Crippen LogP contribution in [0.25, 0.3) is 22.2 Å². The van der Waals surface area contributed by atoms with Crippen LogP contribution in [0.15, 0.2) is 54.6 Å². The molecule has 0 saturated heterocycles. The van der Waals surface area contributed by atoms with Gasteiger partial charge in [0, 0.05) is 16.9 Å². The molecular weight excluding hydrogens is 286 g/mol. The standard InChI is InChI=1S/C20H21NO2/c1-20(2,3)19(22)21-17(14-8-6-5-7-9-14)12-15-10-11-16(23-4)13-18(15)21/h5-13H,1-4H3. The molecule has 3 heteroatoms. The summed E-state index contributed by atoms with van der Waals surface area (Å²) in [4.78, 5) is 13.1. The molecule has 3 aromatic rings. The van der Waals surface area contributed by atoms with Gasteiger partial charge in [0.15, 0.2) is 0 Å². The van der Waals surface area contributed by atoms with E-state index < -0.39 is 5.41 Å². The molecule has 0 bridgehead atoms. The van der Waals surface area contributed by atoms with Crippen molar-refractivity contribution in [1.82, 2.24) is 4.57 Å². The molecule has 0 N–H and O–H groups in total. The summed E-state index contributed by atoms with van der Waals surface area (Å²) in [5, 5.41) is 1.03. The molecular formula is C20H21NO2. The highest BCUT2D eigenvalue weighted by Gasteiger charge is 2.27. The van der Waals surface area contributed by atoms with Gasteiger partial charge in [-0.2, -0.15) is 0 Å². The first-order valence-corrected chi connectivity index (χ1v) is 7.71. The van der Waals surface area contributed by atoms with Crippen LogP contribution in [-0.4, -0.2) is 17.6 Å². The molecule has 0 aliphatic rings. The summed E-state index contributed by atoms with van der Waals surface area (Å²) in [6.07, 6.45) is 0. The molecule has 0 amide bonds. The van der Waals surface area contributed by atoms with Crippen LogP contribution in [0.3, 0.4) is 0 Å². The van der Waals surface area contributed by atoms with Crippen LogP contribution in [-0.2, 0) is 0 Å². The predicted octanol–water partition coefficient (Wildman–Crippen LogP) is 5.00. The number of methoxy groups -OCH3 is 1. The molecule has 3 rings (SSSR count). The molecule has 0 atom stereocenters. The molecule has 118 valence electrons. The van der Waals surface area contributed by atoms with Crippen molar-refractivity contribution >= 4 is 16.8 Å². The van der Waals surface area contributed by atoms with Gasteiger partial charge >= 0.3 is 0 Å². The second kappa shape index (κ2) is 5.58. The minimum atomic E-state index is -0.474. The normalized spacial score (nSPS) is 11.7. The molecule has 0 spiro atoms. The smallest absolute Gasteiger partial charge is 0.236 e. The Labute approximate surface area is 136 Å². The van der Waals surface area contributed by atoms with Gasteiger partial charge in [-0.05, 0) is 23.8 Å². The summed E-state index contributed by atoms with van der Waals surface area (Å²) in [5.41, 5.74) is 2.34. The van der Waals surface area contributed by atoms with Crippen molar-refractivity contribution in [2.45, 2.75) is 20.8 Å². The van der Waals surface area contributed by atoms with Gasteiger partial charge in [-0.3, -0.25) is 9.36 Å². The molecule has 1 heterocycles. The zero-order valence-electron chi connectivity index (χ0n) is 14.0. The summed E-state index contributed by atoms with van der Waals surface area (Å²) in [6, 6.07) is 17.9. The molecule has 0 radical (unpaired) electrons. The molecule has 0 saturated carbocycles. The minimum absolute atomic E-state index is 0.0691. The van der Waals surface area contributed by atoms with E-state index in [4.69, 9.17) is 4.74 Å². The van der Waals surface area contributed by atoms with E-state index in [0.29, 0.717) is 0 Å². The van der Waals surface area contributed by atoms with E-state index in [9.17, 15) is 4.79 Å². The number of carbonyl (C=O) groups excluding carboxylic acids is 1. The summed E-state index contributed by atoms with van der Waals surface area (Å²) in [5.74, 6) is 0.817. The Kier molecular flexibility index (Phi) is 3.72. The predicted molar refractivity (Wildman–Crippen MR) is 94.0 cm³/mol. The van der Waals surface area contributed by atoms with Gasteiger partial charge in [0.25, 0.3) is 0 Å². The van der Waals surface area contributed by atoms with E-state index in [1.165, 1.54) is 0 Å². The molecule has 0 aliphatic carbocycles. The number of hydrogen-bond donors (Lipinski definition) is 0. The first-order valence-electron chi connectivity index (χ1n) is 7.71. The third-order valence-electron chi connectivity index (χ3n) is 3.93. The number of ether oxygens (including phenoxy) is 1. The van der Waals surface area contributed by atoms with E-state index in [-0.39, 0.29) is 5.91 Å². The van der Waals surface area contributed by atoms with Gasteiger partial charge in [-0.15, -0.1) is 0 Å². The van der Waals surface area contributed by atoms with E-state index >= 15 is 0 Å². The Balaban J connectivity index is 2.33. The Hall–Kier alpha value is -2.55. The van der Waals surface area contributed by atoms with Crippen LogP contribution in [0.5, 0.6) is 5.75 Å². The number of benzene rings is 2. The molecule has 23 heavy (non-hydrogen) atoms. The summed E-state index contributed by atoms with van der Waals surface area (Å²) >= 11 is 0. The first kappa shape index (κ1) is 15.3. The van der Waals surface area contributed by atoms with Crippen LogP contribution in [0.1, 0.15) is 25.6 Å². The van der Waals surface area contributed by atoms with Gasteiger partial charge in [-0.1, -0.05) is 51.1 Å². The van der Waals surface area contributed by atoms with Gasteiger partial charge in [0.2, 0.25) is 5.91 Å². The molecule has 0 unspecified atom stereocenters. The van der Waals surface area contributed by atoms with Gasteiger partial charge in [0.1, 0.15) is 5.75 Å². The van der Waals surface area contributed by atoms with Crippen LogP contribution < -0.4 is 4.74 Å². The monoisotopic (exact) mass is 307 g/mol. The Morgan fingerprint density at radius 3 is 2.30 bits per heavy atom. The number of carbonyl (C=O) groups is 1. The maximum Gasteiger partial charge on any atom is 0.236 e. The Morgan fingerprint density at radius 1 is 1.00 bits per heavy atom. The second-order valence-corrected chi connectivity index (χ2v) is 6.71. The highest BCUT2D eigenvalue weighted by molar-refractivity contribution is 6.00. The van der Waals surface area contributed by atoms with Crippen LogP contribution in [0.2, 0.25) is 0 Å². The Bertz CT molecular complexity index is 854. The zero-order chi connectivity index (χ0) is 16.6. The molecule has 0 fully saturated rings. The fourth-order valence-corrected chi connectivity index (χ4v) is 2.68. The van der Waals surface area contributed by atoms with Crippen molar-refractivity contribution in [2.75, 3.05) is 7.11 Å². The number of aromatic nitrogens is 1. The van der Waals surface area contributed by atoms with E-state index in [1.54, 1.807) is 7.11 Å². The minimum Gasteiger partial charge on any atom is -0.497 e. The largest absolute Gasteiger partial charge is 0.497 e. The fraction of sp³-hybridized carbons (Fsp3) is 0.250. The first-order chi connectivity index (χ1) is 10.9. The lowest BCUT2D eigenvalue weighted by Gasteiger charge is -2.20. The van der Waals surface area contributed by atoms with Crippen LogP contribution in [0.4, 0.5) is 0 Å². The quantitative estimate of drug-likeness (QED) is 0.667. The fourth-order valence-electron chi connectivity index (χ4n) is 2.68. The van der Waals surface area contributed by atoms with Crippen molar-refractivity contribution < 1.29 is 9.53 Å². The van der Waals surface area contributed by atoms with Crippen molar-refractivity contribution in [2.24, 2.45) is 5.41 Å². The average molecular weight is 307 g/mol. The number of hydrogen-bond acceptors (Lipinski definition) is 2. The Morgan fingerprint density at radius 2 is 1.70 bits per heavy atom. The third kappa shape index (κ3) is 2.74. The SMILES string of the molecule is COc1ccc2cc(-c3ccccc3)n(C(=O)C(C)(C)C)c2c1. The number of rotatable bonds is 2. The lowest BCUT2D eigenvalue weighted by molar-refractivity contribution is 0.0775. The summed E-state index contributed by atoms with van der Waals surface area (Å²) in [7, 11) is 1.64. The lowest BCUT2D eigenvalue weighted by Crippen LogP contribution is -2.27. The molecule has 1 aromatic heterocycles. The van der Waals surface area contributed by atoms with Gasteiger partial charge in [0.05, 0.1) is 18.3 Å². The highest BCUT2D eigenvalue weighted by Crippen LogP contribution is 2.33. The van der Waals surface area contributed by atoms with Gasteiger partial charge < -0.3 is 4.74 Å². The van der Waals surface area contributed by atoms with E-state index in [0.717, 1.165) is 27.9 Å². The third-order valence-corrected chi connectivity index (χ3v) is 3.93.